The molecule has 6 nitrogen and oxygen atoms in total. The molecule has 0 saturated carbocycles. The molecule has 1 rings (SSSR count). The lowest BCUT2D eigenvalue weighted by atomic mass is 9.83. The number of ether oxygens (including phenoxy) is 1. The Morgan fingerprint density at radius 1 is 1.31 bits per heavy atom. The van der Waals surface area contributed by atoms with E-state index < -0.39 is 30.0 Å². The van der Waals surface area contributed by atoms with Gasteiger partial charge in [-0.2, -0.15) is 0 Å². The Bertz CT molecular complexity index is 430. The Labute approximate surface area is 157 Å². The zero-order chi connectivity index (χ0) is 19.6. The number of hydrogen-bond donors (Lipinski definition) is 4. The number of aliphatic hydroxyl groups excluding tert-OH is 2. The molecule has 1 aliphatic heterocycles. The standard InChI is InChI=1S/C20H37NO5/c1-4-7-8-9-10-11-12-21-19(24)18-16(23)14-20(25,6-3)26-17(18)13-15(22)5-2/h5,15-18,22-23,25H,2,4,6-14H2,1,3H3,(H,21,24)/t15?,16-,17-,18+,20+/m0/s1. The summed E-state index contributed by atoms with van der Waals surface area (Å²) in [7, 11) is 0. The summed E-state index contributed by atoms with van der Waals surface area (Å²) in [6, 6.07) is 0. The van der Waals surface area contributed by atoms with Crippen LogP contribution >= 0.6 is 0 Å². The minimum Gasteiger partial charge on any atom is -0.392 e. The third-order valence-electron chi connectivity index (χ3n) is 5.14. The van der Waals surface area contributed by atoms with E-state index in [1.807, 2.05) is 0 Å². The van der Waals surface area contributed by atoms with Gasteiger partial charge in [0, 0.05) is 19.4 Å². The van der Waals surface area contributed by atoms with E-state index in [-0.39, 0.29) is 18.7 Å². The Balaban J connectivity index is 2.58. The monoisotopic (exact) mass is 371 g/mol. The lowest BCUT2D eigenvalue weighted by Crippen LogP contribution is -2.56. The molecule has 1 saturated heterocycles. The number of unbranched alkanes of at least 4 members (excludes halogenated alkanes) is 5. The van der Waals surface area contributed by atoms with Crippen molar-refractivity contribution in [3.63, 3.8) is 0 Å². The topological polar surface area (TPSA) is 99.0 Å². The number of rotatable bonds is 12. The molecule has 1 fully saturated rings. The summed E-state index contributed by atoms with van der Waals surface area (Å²) >= 11 is 0. The van der Waals surface area contributed by atoms with Crippen LogP contribution in [-0.2, 0) is 9.53 Å². The van der Waals surface area contributed by atoms with Crippen molar-refractivity contribution < 1.29 is 24.9 Å². The molecule has 5 atom stereocenters. The molecule has 1 heterocycles. The smallest absolute Gasteiger partial charge is 0.228 e. The van der Waals surface area contributed by atoms with Crippen LogP contribution in [-0.4, -0.2) is 51.9 Å². The molecule has 4 N–H and O–H groups in total. The second-order valence-electron chi connectivity index (χ2n) is 7.35. The van der Waals surface area contributed by atoms with Gasteiger partial charge in [-0.1, -0.05) is 52.0 Å². The number of carbonyl (C=O) groups excluding carboxylic acids is 1. The molecular weight excluding hydrogens is 334 g/mol. The fourth-order valence-corrected chi connectivity index (χ4v) is 3.44. The van der Waals surface area contributed by atoms with Gasteiger partial charge in [0.2, 0.25) is 5.91 Å². The maximum absolute atomic E-state index is 12.6. The molecular formula is C20H37NO5. The van der Waals surface area contributed by atoms with E-state index in [1.54, 1.807) is 6.92 Å². The van der Waals surface area contributed by atoms with Gasteiger partial charge in [-0.25, -0.2) is 0 Å². The third kappa shape index (κ3) is 7.35. The summed E-state index contributed by atoms with van der Waals surface area (Å²) in [5.74, 6) is -2.57. The second-order valence-corrected chi connectivity index (χ2v) is 7.35. The largest absolute Gasteiger partial charge is 0.392 e. The van der Waals surface area contributed by atoms with Crippen molar-refractivity contribution in [1.29, 1.82) is 0 Å². The van der Waals surface area contributed by atoms with E-state index in [2.05, 4.69) is 18.8 Å². The fourth-order valence-electron chi connectivity index (χ4n) is 3.44. The van der Waals surface area contributed by atoms with E-state index in [4.69, 9.17) is 4.74 Å². The molecule has 152 valence electrons. The molecule has 1 amide bonds. The van der Waals surface area contributed by atoms with E-state index in [9.17, 15) is 20.1 Å². The second kappa shape index (κ2) is 11.7. The number of carbonyl (C=O) groups is 1. The van der Waals surface area contributed by atoms with Gasteiger partial charge in [0.25, 0.3) is 0 Å². The van der Waals surface area contributed by atoms with E-state index in [0.29, 0.717) is 13.0 Å². The predicted octanol–water partition coefficient (Wildman–Crippen LogP) is 2.26. The fraction of sp³-hybridized carbons (Fsp3) is 0.850. The van der Waals surface area contributed by atoms with Crippen LogP contribution in [0.15, 0.2) is 12.7 Å². The maximum Gasteiger partial charge on any atom is 0.228 e. The van der Waals surface area contributed by atoms with Crippen LogP contribution in [0.5, 0.6) is 0 Å². The summed E-state index contributed by atoms with van der Waals surface area (Å²) in [6.07, 6.45) is 5.92. The molecule has 0 aromatic carbocycles. The van der Waals surface area contributed by atoms with Crippen molar-refractivity contribution in [3.8, 4) is 0 Å². The van der Waals surface area contributed by atoms with E-state index in [0.717, 1.165) is 19.3 Å². The Morgan fingerprint density at radius 3 is 2.58 bits per heavy atom. The number of nitrogens with one attached hydrogen (secondary N) is 1. The summed E-state index contributed by atoms with van der Waals surface area (Å²) < 4.78 is 5.70. The highest BCUT2D eigenvalue weighted by atomic mass is 16.6. The highest BCUT2D eigenvalue weighted by Gasteiger charge is 2.48. The average molecular weight is 372 g/mol. The first-order valence-electron chi connectivity index (χ1n) is 10.0. The molecule has 1 unspecified atom stereocenters. The summed E-state index contributed by atoms with van der Waals surface area (Å²) in [6.45, 7) is 8.02. The summed E-state index contributed by atoms with van der Waals surface area (Å²) in [5, 5.41) is 33.6. The van der Waals surface area contributed by atoms with Gasteiger partial charge in [-0.05, 0) is 12.8 Å². The molecule has 0 radical (unpaired) electrons. The van der Waals surface area contributed by atoms with Crippen molar-refractivity contribution in [2.45, 2.75) is 95.7 Å². The predicted molar refractivity (Wildman–Crippen MR) is 101 cm³/mol. The lowest BCUT2D eigenvalue weighted by molar-refractivity contribution is -0.289. The molecule has 6 heteroatoms. The van der Waals surface area contributed by atoms with Gasteiger partial charge < -0.3 is 25.4 Å². The first kappa shape index (κ1) is 23.1. The zero-order valence-electron chi connectivity index (χ0n) is 16.3. The summed E-state index contributed by atoms with van der Waals surface area (Å²) in [4.78, 5) is 12.6. The van der Waals surface area contributed by atoms with Crippen LogP contribution < -0.4 is 5.32 Å². The highest BCUT2D eigenvalue weighted by Crippen LogP contribution is 2.35. The molecule has 1 aliphatic rings. The quantitative estimate of drug-likeness (QED) is 0.312. The first-order chi connectivity index (χ1) is 12.4. The zero-order valence-corrected chi connectivity index (χ0v) is 16.3. The van der Waals surface area contributed by atoms with Gasteiger partial charge in [-0.15, -0.1) is 6.58 Å². The van der Waals surface area contributed by atoms with E-state index in [1.165, 1.54) is 25.3 Å². The first-order valence-corrected chi connectivity index (χ1v) is 10.0. The van der Waals surface area contributed by atoms with Crippen molar-refractivity contribution >= 4 is 5.91 Å². The number of amides is 1. The van der Waals surface area contributed by atoms with Crippen molar-refractivity contribution in [1.82, 2.24) is 5.32 Å². The minimum absolute atomic E-state index is 0.0146. The van der Waals surface area contributed by atoms with Crippen molar-refractivity contribution in [2.24, 2.45) is 5.92 Å². The van der Waals surface area contributed by atoms with Gasteiger partial charge in [0.1, 0.15) is 0 Å². The molecule has 0 bridgehead atoms. The van der Waals surface area contributed by atoms with Gasteiger partial charge in [0.15, 0.2) is 5.79 Å². The highest BCUT2D eigenvalue weighted by molar-refractivity contribution is 5.80. The summed E-state index contributed by atoms with van der Waals surface area (Å²) in [5.41, 5.74) is 0. The van der Waals surface area contributed by atoms with Crippen molar-refractivity contribution in [3.05, 3.63) is 12.7 Å². The Hall–Kier alpha value is -0.950. The van der Waals surface area contributed by atoms with Crippen LogP contribution in [0.4, 0.5) is 0 Å². The normalized spacial score (nSPS) is 30.0. The molecule has 26 heavy (non-hydrogen) atoms. The van der Waals surface area contributed by atoms with Crippen LogP contribution in [0.1, 0.15) is 71.6 Å². The van der Waals surface area contributed by atoms with Crippen LogP contribution in [0.3, 0.4) is 0 Å². The lowest BCUT2D eigenvalue weighted by Gasteiger charge is -2.44. The van der Waals surface area contributed by atoms with Crippen LogP contribution in [0.25, 0.3) is 0 Å². The Morgan fingerprint density at radius 2 is 1.96 bits per heavy atom. The Kier molecular flexibility index (Phi) is 10.4. The van der Waals surface area contributed by atoms with Crippen molar-refractivity contribution in [2.75, 3.05) is 6.54 Å². The molecule has 0 aliphatic carbocycles. The average Bonchev–Trinajstić information content (AvgIpc) is 2.60. The van der Waals surface area contributed by atoms with Gasteiger partial charge >= 0.3 is 0 Å². The number of hydrogen-bond acceptors (Lipinski definition) is 5. The third-order valence-corrected chi connectivity index (χ3v) is 5.14. The molecule has 0 aromatic heterocycles. The SMILES string of the molecule is C=CC(O)C[C@@H]1O[C@](O)(CC)C[C@H](O)[C@H]1C(=O)NCCCCCCCC. The maximum atomic E-state index is 12.6. The van der Waals surface area contributed by atoms with Gasteiger partial charge in [-0.3, -0.25) is 4.79 Å². The molecule has 0 spiro atoms. The minimum atomic E-state index is -1.47. The van der Waals surface area contributed by atoms with Gasteiger partial charge in [0.05, 0.1) is 24.2 Å². The van der Waals surface area contributed by atoms with Crippen LogP contribution in [0, 0.1) is 5.92 Å². The molecule has 0 aromatic rings. The van der Waals surface area contributed by atoms with Crippen LogP contribution in [0.2, 0.25) is 0 Å². The van der Waals surface area contributed by atoms with E-state index >= 15 is 0 Å². The number of aliphatic hydroxyl groups is 3.